The van der Waals surface area contributed by atoms with Crippen LogP contribution in [0.3, 0.4) is 0 Å². The lowest BCUT2D eigenvalue weighted by Gasteiger charge is -2.08. The molecule has 3 rings (SSSR count). The third-order valence-electron chi connectivity index (χ3n) is 3.27. The minimum absolute atomic E-state index is 0.195. The van der Waals surface area contributed by atoms with E-state index in [9.17, 15) is 4.39 Å². The van der Waals surface area contributed by atoms with Gasteiger partial charge in [0.2, 0.25) is 0 Å². The number of nitrogens with zero attached hydrogens (tertiary/aromatic N) is 3. The monoisotopic (exact) mass is 297 g/mol. The summed E-state index contributed by atoms with van der Waals surface area (Å²) in [6.45, 7) is 0.581. The molecule has 0 amide bonds. The summed E-state index contributed by atoms with van der Waals surface area (Å²) >= 11 is 0. The van der Waals surface area contributed by atoms with Crippen molar-refractivity contribution < 1.29 is 9.13 Å². The first-order chi connectivity index (χ1) is 10.8. The summed E-state index contributed by atoms with van der Waals surface area (Å²) in [6, 6.07) is 14.3. The summed E-state index contributed by atoms with van der Waals surface area (Å²) < 4.78 is 20.5. The molecule has 0 bridgehead atoms. The quantitative estimate of drug-likeness (QED) is 0.655. The third-order valence-corrected chi connectivity index (χ3v) is 3.27. The van der Waals surface area contributed by atoms with Crippen LogP contribution >= 0.6 is 0 Å². The van der Waals surface area contributed by atoms with Crippen molar-refractivity contribution in [2.24, 2.45) is 0 Å². The first-order valence-corrected chi connectivity index (χ1v) is 7.13. The van der Waals surface area contributed by atoms with Gasteiger partial charge in [-0.05, 0) is 42.7 Å². The molecule has 0 aliphatic heterocycles. The molecule has 5 heteroatoms. The molecule has 0 atom stereocenters. The van der Waals surface area contributed by atoms with Gasteiger partial charge in [0.15, 0.2) is 0 Å². The van der Waals surface area contributed by atoms with Crippen LogP contribution in [0.4, 0.5) is 4.39 Å². The summed E-state index contributed by atoms with van der Waals surface area (Å²) in [4.78, 5) is 3.92. The van der Waals surface area contributed by atoms with Crippen LogP contribution in [0.25, 0.3) is 5.69 Å². The Hall–Kier alpha value is -2.69. The number of benzene rings is 2. The average molecular weight is 297 g/mol. The molecule has 0 spiro atoms. The maximum absolute atomic E-state index is 13.1. The number of aryl methyl sites for hydroxylation is 1. The highest BCUT2D eigenvalue weighted by molar-refractivity contribution is 5.38. The maximum atomic E-state index is 13.1. The second kappa shape index (κ2) is 6.85. The van der Waals surface area contributed by atoms with Crippen molar-refractivity contribution in [3.63, 3.8) is 0 Å². The zero-order valence-corrected chi connectivity index (χ0v) is 12.0. The topological polar surface area (TPSA) is 39.9 Å². The lowest BCUT2D eigenvalue weighted by molar-refractivity contribution is 0.311. The highest BCUT2D eigenvalue weighted by Gasteiger charge is 2.01. The van der Waals surface area contributed by atoms with Crippen molar-refractivity contribution in [2.45, 2.75) is 12.8 Å². The van der Waals surface area contributed by atoms with Crippen LogP contribution in [-0.2, 0) is 6.42 Å². The van der Waals surface area contributed by atoms with Crippen LogP contribution in [0.5, 0.6) is 5.75 Å². The predicted molar refractivity (Wildman–Crippen MR) is 81.6 cm³/mol. The van der Waals surface area contributed by atoms with Crippen molar-refractivity contribution in [1.82, 2.24) is 14.8 Å². The van der Waals surface area contributed by atoms with Crippen molar-refractivity contribution in [1.29, 1.82) is 0 Å². The lowest BCUT2D eigenvalue weighted by atomic mass is 10.1. The second-order valence-electron chi connectivity index (χ2n) is 4.92. The van der Waals surface area contributed by atoms with Gasteiger partial charge in [0.1, 0.15) is 24.2 Å². The molecule has 22 heavy (non-hydrogen) atoms. The van der Waals surface area contributed by atoms with Gasteiger partial charge in [0.05, 0.1) is 12.3 Å². The Morgan fingerprint density at radius 2 is 2.00 bits per heavy atom. The van der Waals surface area contributed by atoms with Crippen LogP contribution in [0.1, 0.15) is 12.0 Å². The number of rotatable bonds is 6. The maximum Gasteiger partial charge on any atom is 0.138 e. The van der Waals surface area contributed by atoms with E-state index in [1.54, 1.807) is 23.1 Å². The summed E-state index contributed by atoms with van der Waals surface area (Å²) in [6.07, 6.45) is 4.76. The van der Waals surface area contributed by atoms with E-state index in [0.717, 1.165) is 29.8 Å². The molecule has 1 aromatic heterocycles. The van der Waals surface area contributed by atoms with E-state index in [4.69, 9.17) is 4.74 Å². The van der Waals surface area contributed by atoms with Crippen molar-refractivity contribution in [2.75, 3.05) is 6.61 Å². The summed E-state index contributed by atoms with van der Waals surface area (Å²) in [7, 11) is 0. The number of aromatic nitrogens is 3. The summed E-state index contributed by atoms with van der Waals surface area (Å²) in [5.74, 6) is 0.589. The largest absolute Gasteiger partial charge is 0.494 e. The standard InChI is InChI=1S/C17H16FN3O/c18-15-6-1-4-14(10-15)5-3-9-22-17-8-2-7-16(11-17)21-13-19-12-20-21/h1-2,4,6-8,10-13H,3,5,9H2. The van der Waals surface area contributed by atoms with E-state index in [2.05, 4.69) is 10.1 Å². The van der Waals surface area contributed by atoms with Gasteiger partial charge in [0, 0.05) is 6.07 Å². The fraction of sp³-hybridized carbons (Fsp3) is 0.176. The zero-order chi connectivity index (χ0) is 15.2. The van der Waals surface area contributed by atoms with Gasteiger partial charge in [-0.2, -0.15) is 5.10 Å². The van der Waals surface area contributed by atoms with Crippen molar-refractivity contribution in [3.8, 4) is 11.4 Å². The molecule has 0 unspecified atom stereocenters. The molecule has 3 aromatic rings. The summed E-state index contributed by atoms with van der Waals surface area (Å²) in [5, 5.41) is 4.09. The highest BCUT2D eigenvalue weighted by Crippen LogP contribution is 2.16. The van der Waals surface area contributed by atoms with Crippen molar-refractivity contribution in [3.05, 3.63) is 72.6 Å². The molecule has 112 valence electrons. The van der Waals surface area contributed by atoms with E-state index in [0.29, 0.717) is 6.61 Å². The molecular weight excluding hydrogens is 281 g/mol. The minimum atomic E-state index is -0.195. The molecule has 0 aliphatic carbocycles. The van der Waals surface area contributed by atoms with Gasteiger partial charge in [-0.1, -0.05) is 18.2 Å². The van der Waals surface area contributed by atoms with Crippen LogP contribution < -0.4 is 4.74 Å². The summed E-state index contributed by atoms with van der Waals surface area (Å²) in [5.41, 5.74) is 1.89. The highest BCUT2D eigenvalue weighted by atomic mass is 19.1. The van der Waals surface area contributed by atoms with E-state index >= 15 is 0 Å². The molecule has 0 aliphatic rings. The molecule has 0 saturated heterocycles. The molecule has 2 aromatic carbocycles. The van der Waals surface area contributed by atoms with Gasteiger partial charge in [-0.15, -0.1) is 0 Å². The Labute approximate surface area is 128 Å². The fourth-order valence-corrected chi connectivity index (χ4v) is 2.22. The first-order valence-electron chi connectivity index (χ1n) is 7.13. The second-order valence-corrected chi connectivity index (χ2v) is 4.92. The van der Waals surface area contributed by atoms with Crippen LogP contribution in [0.2, 0.25) is 0 Å². The van der Waals surface area contributed by atoms with E-state index in [1.165, 1.54) is 12.4 Å². The van der Waals surface area contributed by atoms with Gasteiger partial charge >= 0.3 is 0 Å². The Kier molecular flexibility index (Phi) is 4.44. The minimum Gasteiger partial charge on any atom is -0.494 e. The fourth-order valence-electron chi connectivity index (χ4n) is 2.22. The van der Waals surface area contributed by atoms with Crippen molar-refractivity contribution >= 4 is 0 Å². The van der Waals surface area contributed by atoms with Crippen LogP contribution in [0.15, 0.2) is 61.2 Å². The Bertz CT molecular complexity index is 728. The molecular formula is C17H16FN3O. The Morgan fingerprint density at radius 3 is 2.82 bits per heavy atom. The van der Waals surface area contributed by atoms with Gasteiger partial charge in [-0.25, -0.2) is 14.1 Å². The molecule has 4 nitrogen and oxygen atoms in total. The molecule has 1 heterocycles. The SMILES string of the molecule is Fc1cccc(CCCOc2cccc(-n3cncn3)c2)c1. The zero-order valence-electron chi connectivity index (χ0n) is 12.0. The lowest BCUT2D eigenvalue weighted by Crippen LogP contribution is -2.01. The average Bonchev–Trinajstić information content (AvgIpc) is 3.06. The third kappa shape index (κ3) is 3.69. The number of hydrogen-bond donors (Lipinski definition) is 0. The molecule has 0 N–H and O–H groups in total. The van der Waals surface area contributed by atoms with Crippen LogP contribution in [-0.4, -0.2) is 21.4 Å². The van der Waals surface area contributed by atoms with Crippen LogP contribution in [0, 0.1) is 5.82 Å². The molecule has 0 radical (unpaired) electrons. The predicted octanol–water partition coefficient (Wildman–Crippen LogP) is 3.42. The molecule has 0 fully saturated rings. The number of ether oxygens (including phenoxy) is 1. The Morgan fingerprint density at radius 1 is 1.09 bits per heavy atom. The van der Waals surface area contributed by atoms with Gasteiger partial charge in [0.25, 0.3) is 0 Å². The van der Waals surface area contributed by atoms with Gasteiger partial charge in [-0.3, -0.25) is 0 Å². The van der Waals surface area contributed by atoms with Gasteiger partial charge < -0.3 is 4.74 Å². The normalized spacial score (nSPS) is 10.6. The number of hydrogen-bond acceptors (Lipinski definition) is 3. The first kappa shape index (κ1) is 14.3. The van der Waals surface area contributed by atoms with E-state index in [-0.39, 0.29) is 5.82 Å². The smallest absolute Gasteiger partial charge is 0.138 e. The number of halogens is 1. The van der Waals surface area contributed by atoms with E-state index in [1.807, 2.05) is 30.3 Å². The Balaban J connectivity index is 1.53. The molecule has 0 saturated carbocycles. The van der Waals surface area contributed by atoms with E-state index < -0.39 is 0 Å².